The standard InChI is InChI=1S/C11H13BrO/c1-4-8(2)10-7-9(13-3)5-6-11(10)12/h4-7H,1-3H3. The molecule has 70 valence electrons. The normalized spacial score (nSPS) is 11.5. The SMILES string of the molecule is CC=C(C)c1cc(OC)ccc1Br. The van der Waals surface area contributed by atoms with Gasteiger partial charge in [0.2, 0.25) is 0 Å². The second-order valence-corrected chi connectivity index (χ2v) is 3.67. The van der Waals surface area contributed by atoms with Gasteiger partial charge in [0, 0.05) is 4.47 Å². The molecule has 13 heavy (non-hydrogen) atoms. The van der Waals surface area contributed by atoms with E-state index in [1.807, 2.05) is 25.1 Å². The third-order valence-corrected chi connectivity index (χ3v) is 2.72. The van der Waals surface area contributed by atoms with Crippen LogP contribution >= 0.6 is 15.9 Å². The predicted octanol–water partition coefficient (Wildman–Crippen LogP) is 3.88. The molecule has 0 aliphatic heterocycles. The monoisotopic (exact) mass is 240 g/mol. The maximum atomic E-state index is 5.16. The zero-order valence-corrected chi connectivity index (χ0v) is 9.68. The first-order valence-electron chi connectivity index (χ1n) is 4.16. The number of rotatable bonds is 2. The van der Waals surface area contributed by atoms with E-state index in [0.29, 0.717) is 0 Å². The molecule has 1 rings (SSSR count). The highest BCUT2D eigenvalue weighted by Gasteiger charge is 2.02. The van der Waals surface area contributed by atoms with Crippen molar-refractivity contribution in [2.75, 3.05) is 7.11 Å². The third kappa shape index (κ3) is 2.34. The fourth-order valence-electron chi connectivity index (χ4n) is 1.09. The average molecular weight is 241 g/mol. The lowest BCUT2D eigenvalue weighted by Crippen LogP contribution is -1.86. The summed E-state index contributed by atoms with van der Waals surface area (Å²) in [6.45, 7) is 4.11. The summed E-state index contributed by atoms with van der Waals surface area (Å²) in [5, 5.41) is 0. The molecule has 0 spiro atoms. The smallest absolute Gasteiger partial charge is 0.119 e. The van der Waals surface area contributed by atoms with E-state index in [9.17, 15) is 0 Å². The Balaban J connectivity index is 3.19. The Kier molecular flexibility index (Phi) is 3.55. The van der Waals surface area contributed by atoms with Gasteiger partial charge in [-0.1, -0.05) is 22.0 Å². The Morgan fingerprint density at radius 3 is 2.69 bits per heavy atom. The Labute approximate surface area is 87.5 Å². The van der Waals surface area contributed by atoms with E-state index < -0.39 is 0 Å². The largest absolute Gasteiger partial charge is 0.497 e. The molecular weight excluding hydrogens is 228 g/mol. The minimum absolute atomic E-state index is 0.888. The number of halogens is 1. The van der Waals surface area contributed by atoms with Crippen LogP contribution in [0.2, 0.25) is 0 Å². The molecule has 0 N–H and O–H groups in total. The van der Waals surface area contributed by atoms with E-state index in [1.54, 1.807) is 7.11 Å². The van der Waals surface area contributed by atoms with Gasteiger partial charge < -0.3 is 4.74 Å². The maximum absolute atomic E-state index is 5.16. The molecule has 0 radical (unpaired) electrons. The van der Waals surface area contributed by atoms with Crippen molar-refractivity contribution < 1.29 is 4.74 Å². The second kappa shape index (κ2) is 4.47. The summed E-state index contributed by atoms with van der Waals surface area (Å²) in [5.41, 5.74) is 2.42. The topological polar surface area (TPSA) is 9.23 Å². The van der Waals surface area contributed by atoms with Crippen LogP contribution in [0.5, 0.6) is 5.75 Å². The van der Waals surface area contributed by atoms with Crippen molar-refractivity contribution in [2.24, 2.45) is 0 Å². The average Bonchev–Trinajstić information content (AvgIpc) is 2.17. The first-order valence-corrected chi connectivity index (χ1v) is 4.95. The van der Waals surface area contributed by atoms with Crippen molar-refractivity contribution in [1.29, 1.82) is 0 Å². The highest BCUT2D eigenvalue weighted by Crippen LogP contribution is 2.27. The van der Waals surface area contributed by atoms with Gasteiger partial charge in [-0.05, 0) is 43.2 Å². The van der Waals surface area contributed by atoms with Gasteiger partial charge in [0.15, 0.2) is 0 Å². The Bertz CT molecular complexity index is 329. The summed E-state index contributed by atoms with van der Waals surface area (Å²) in [6, 6.07) is 5.97. The van der Waals surface area contributed by atoms with Crippen molar-refractivity contribution in [3.8, 4) is 5.75 Å². The highest BCUT2D eigenvalue weighted by atomic mass is 79.9. The van der Waals surface area contributed by atoms with Crippen molar-refractivity contribution in [1.82, 2.24) is 0 Å². The van der Waals surface area contributed by atoms with Crippen molar-refractivity contribution in [3.63, 3.8) is 0 Å². The van der Waals surface area contributed by atoms with Crippen LogP contribution in [0.1, 0.15) is 19.4 Å². The molecule has 1 nitrogen and oxygen atoms in total. The van der Waals surface area contributed by atoms with E-state index in [-0.39, 0.29) is 0 Å². The van der Waals surface area contributed by atoms with Gasteiger partial charge in [0.25, 0.3) is 0 Å². The number of benzene rings is 1. The van der Waals surface area contributed by atoms with Crippen molar-refractivity contribution in [2.45, 2.75) is 13.8 Å². The van der Waals surface area contributed by atoms with E-state index in [1.165, 1.54) is 11.1 Å². The summed E-state index contributed by atoms with van der Waals surface area (Å²) >= 11 is 3.50. The molecular formula is C11H13BrO. The van der Waals surface area contributed by atoms with Gasteiger partial charge in [-0.3, -0.25) is 0 Å². The Hall–Kier alpha value is -0.760. The van der Waals surface area contributed by atoms with Crippen LogP contribution in [0.3, 0.4) is 0 Å². The van der Waals surface area contributed by atoms with Gasteiger partial charge in [0.05, 0.1) is 7.11 Å². The molecule has 0 aliphatic rings. The first kappa shape index (κ1) is 10.3. The summed E-state index contributed by atoms with van der Waals surface area (Å²) in [7, 11) is 1.68. The molecule has 0 bridgehead atoms. The lowest BCUT2D eigenvalue weighted by molar-refractivity contribution is 0.414. The highest BCUT2D eigenvalue weighted by molar-refractivity contribution is 9.10. The molecule has 0 saturated carbocycles. The zero-order valence-electron chi connectivity index (χ0n) is 8.10. The number of hydrogen-bond donors (Lipinski definition) is 0. The van der Waals surface area contributed by atoms with Gasteiger partial charge in [0.1, 0.15) is 5.75 Å². The Morgan fingerprint density at radius 2 is 2.15 bits per heavy atom. The van der Waals surface area contributed by atoms with Crippen LogP contribution in [0.4, 0.5) is 0 Å². The van der Waals surface area contributed by atoms with Crippen LogP contribution in [0.15, 0.2) is 28.7 Å². The van der Waals surface area contributed by atoms with Gasteiger partial charge >= 0.3 is 0 Å². The van der Waals surface area contributed by atoms with Crippen molar-refractivity contribution >= 4 is 21.5 Å². The molecule has 0 fully saturated rings. The molecule has 0 aliphatic carbocycles. The Morgan fingerprint density at radius 1 is 1.46 bits per heavy atom. The lowest BCUT2D eigenvalue weighted by Gasteiger charge is -2.06. The van der Waals surface area contributed by atoms with E-state index in [2.05, 4.69) is 28.9 Å². The fraction of sp³-hybridized carbons (Fsp3) is 0.273. The minimum atomic E-state index is 0.888. The first-order chi connectivity index (χ1) is 6.19. The molecule has 0 amide bonds. The lowest BCUT2D eigenvalue weighted by atomic mass is 10.1. The summed E-state index contributed by atoms with van der Waals surface area (Å²) in [4.78, 5) is 0. The van der Waals surface area contributed by atoms with E-state index in [0.717, 1.165) is 10.2 Å². The summed E-state index contributed by atoms with van der Waals surface area (Å²) in [5.74, 6) is 0.888. The minimum Gasteiger partial charge on any atom is -0.497 e. The molecule has 1 aromatic rings. The molecule has 0 saturated heterocycles. The maximum Gasteiger partial charge on any atom is 0.119 e. The van der Waals surface area contributed by atoms with Crippen LogP contribution in [0.25, 0.3) is 5.57 Å². The van der Waals surface area contributed by atoms with Crippen LogP contribution < -0.4 is 4.74 Å². The van der Waals surface area contributed by atoms with Crippen LogP contribution in [0, 0.1) is 0 Å². The third-order valence-electron chi connectivity index (χ3n) is 2.03. The van der Waals surface area contributed by atoms with Gasteiger partial charge in [-0.15, -0.1) is 0 Å². The van der Waals surface area contributed by atoms with Gasteiger partial charge in [-0.2, -0.15) is 0 Å². The predicted molar refractivity (Wildman–Crippen MR) is 60.0 cm³/mol. The zero-order chi connectivity index (χ0) is 9.84. The van der Waals surface area contributed by atoms with Crippen LogP contribution in [-0.4, -0.2) is 7.11 Å². The quantitative estimate of drug-likeness (QED) is 0.763. The fourth-order valence-corrected chi connectivity index (χ4v) is 1.65. The number of allylic oxidation sites excluding steroid dienone is 2. The van der Waals surface area contributed by atoms with Gasteiger partial charge in [-0.25, -0.2) is 0 Å². The summed E-state index contributed by atoms with van der Waals surface area (Å²) in [6.07, 6.45) is 2.08. The summed E-state index contributed by atoms with van der Waals surface area (Å²) < 4.78 is 6.26. The molecule has 0 heterocycles. The molecule has 2 heteroatoms. The molecule has 1 aromatic carbocycles. The second-order valence-electron chi connectivity index (χ2n) is 2.82. The number of hydrogen-bond acceptors (Lipinski definition) is 1. The molecule has 0 unspecified atom stereocenters. The molecule has 0 atom stereocenters. The van der Waals surface area contributed by atoms with Crippen LogP contribution in [-0.2, 0) is 0 Å². The van der Waals surface area contributed by atoms with Crippen molar-refractivity contribution in [3.05, 3.63) is 34.3 Å². The van der Waals surface area contributed by atoms with E-state index >= 15 is 0 Å². The molecule has 0 aromatic heterocycles. The van der Waals surface area contributed by atoms with E-state index in [4.69, 9.17) is 4.74 Å². The number of methoxy groups -OCH3 is 1. The number of ether oxygens (including phenoxy) is 1.